The lowest BCUT2D eigenvalue weighted by Gasteiger charge is -2.36. The summed E-state index contributed by atoms with van der Waals surface area (Å²) in [5, 5.41) is 4.70. The molecule has 0 aliphatic carbocycles. The van der Waals surface area contributed by atoms with Crippen LogP contribution >= 0.6 is 11.6 Å². The van der Waals surface area contributed by atoms with Crippen LogP contribution in [0.25, 0.3) is 10.9 Å². The molecule has 168 valence electrons. The fourth-order valence-electron chi connectivity index (χ4n) is 4.62. The molecule has 5 nitrogen and oxygen atoms in total. The minimum atomic E-state index is -0.239. The number of anilines is 1. The Kier molecular flexibility index (Phi) is 5.51. The Morgan fingerprint density at radius 3 is 2.55 bits per heavy atom. The second kappa shape index (κ2) is 8.49. The summed E-state index contributed by atoms with van der Waals surface area (Å²) in [7, 11) is 1.68. The molecule has 0 bridgehead atoms. The van der Waals surface area contributed by atoms with E-state index in [1.807, 2.05) is 42.2 Å². The van der Waals surface area contributed by atoms with Crippen molar-refractivity contribution < 1.29 is 9.53 Å². The minimum absolute atomic E-state index is 0.173. The first-order valence-electron chi connectivity index (χ1n) is 11.0. The average Bonchev–Trinajstić information content (AvgIpc) is 3.18. The van der Waals surface area contributed by atoms with E-state index < -0.39 is 0 Å². The highest BCUT2D eigenvalue weighted by molar-refractivity contribution is 6.33. The van der Waals surface area contributed by atoms with Crippen LogP contribution < -0.4 is 10.1 Å². The Morgan fingerprint density at radius 2 is 1.82 bits per heavy atom. The van der Waals surface area contributed by atoms with Gasteiger partial charge in [-0.2, -0.15) is 0 Å². The Labute approximate surface area is 198 Å². The number of aromatic nitrogens is 1. The highest BCUT2D eigenvalue weighted by atomic mass is 35.5. The monoisotopic (exact) mass is 459 g/mol. The van der Waals surface area contributed by atoms with E-state index in [2.05, 4.69) is 47.6 Å². The highest BCUT2D eigenvalue weighted by Gasteiger charge is 2.35. The quantitative estimate of drug-likeness (QED) is 0.361. The first-order valence-corrected chi connectivity index (χ1v) is 11.4. The van der Waals surface area contributed by atoms with E-state index in [0.29, 0.717) is 17.3 Å². The standard InChI is InChI=1S/C27H26ClN3O2/c1-16-4-7-18(8-5-16)26-25-20(21-15-19(33-3)9-11-23(21)29-25)12-13-31(26)27(32)30-24-10-6-17(2)14-22(24)28/h4-11,14-15,26,29H,12-13H2,1-3H3,(H,30,32). The lowest BCUT2D eigenvalue weighted by molar-refractivity contribution is 0.193. The number of amides is 2. The second-order valence-corrected chi connectivity index (χ2v) is 9.01. The topological polar surface area (TPSA) is 57.4 Å². The zero-order valence-corrected chi connectivity index (χ0v) is 19.7. The molecular formula is C27H26ClN3O2. The van der Waals surface area contributed by atoms with E-state index in [1.54, 1.807) is 7.11 Å². The molecule has 2 heterocycles. The van der Waals surface area contributed by atoms with Gasteiger partial charge >= 0.3 is 6.03 Å². The third-order valence-electron chi connectivity index (χ3n) is 6.35. The third-order valence-corrected chi connectivity index (χ3v) is 6.67. The fraction of sp³-hybridized carbons (Fsp3) is 0.222. The summed E-state index contributed by atoms with van der Waals surface area (Å²) in [6.07, 6.45) is 0.750. The van der Waals surface area contributed by atoms with Crippen LogP contribution in [0.15, 0.2) is 60.7 Å². The van der Waals surface area contributed by atoms with Gasteiger partial charge < -0.3 is 19.9 Å². The predicted molar refractivity (Wildman–Crippen MR) is 133 cm³/mol. The number of methoxy groups -OCH3 is 1. The van der Waals surface area contributed by atoms with Gasteiger partial charge in [-0.25, -0.2) is 4.79 Å². The molecule has 1 unspecified atom stereocenters. The molecule has 1 atom stereocenters. The van der Waals surface area contributed by atoms with Crippen LogP contribution in [0.3, 0.4) is 0 Å². The van der Waals surface area contributed by atoms with Gasteiger partial charge in [-0.3, -0.25) is 0 Å². The number of nitrogens with one attached hydrogen (secondary N) is 2. The van der Waals surface area contributed by atoms with Gasteiger partial charge in [0.25, 0.3) is 0 Å². The van der Waals surface area contributed by atoms with E-state index in [9.17, 15) is 4.79 Å². The van der Waals surface area contributed by atoms with Crippen LogP contribution in [0, 0.1) is 13.8 Å². The Balaban J connectivity index is 1.58. The van der Waals surface area contributed by atoms with Gasteiger partial charge in [0.1, 0.15) is 5.75 Å². The highest BCUT2D eigenvalue weighted by Crippen LogP contribution is 2.40. The van der Waals surface area contributed by atoms with Gasteiger partial charge in [0.05, 0.1) is 23.9 Å². The van der Waals surface area contributed by atoms with E-state index in [0.717, 1.165) is 39.9 Å². The van der Waals surface area contributed by atoms with Crippen LogP contribution in [-0.2, 0) is 6.42 Å². The summed E-state index contributed by atoms with van der Waals surface area (Å²) < 4.78 is 5.45. The van der Waals surface area contributed by atoms with Crippen molar-refractivity contribution in [2.75, 3.05) is 19.0 Å². The van der Waals surface area contributed by atoms with Crippen molar-refractivity contribution >= 4 is 34.2 Å². The SMILES string of the molecule is COc1ccc2[nH]c3c(c2c1)CCN(C(=O)Nc1ccc(C)cc1Cl)C3c1ccc(C)cc1. The molecule has 5 rings (SSSR count). The molecule has 33 heavy (non-hydrogen) atoms. The van der Waals surface area contributed by atoms with E-state index in [-0.39, 0.29) is 12.1 Å². The first-order chi connectivity index (χ1) is 15.9. The molecule has 0 spiro atoms. The maximum atomic E-state index is 13.5. The fourth-order valence-corrected chi connectivity index (χ4v) is 4.90. The molecule has 3 aromatic carbocycles. The number of aromatic amines is 1. The number of hydrogen-bond donors (Lipinski definition) is 2. The number of urea groups is 1. The van der Waals surface area contributed by atoms with Crippen molar-refractivity contribution in [1.29, 1.82) is 0 Å². The number of nitrogens with zero attached hydrogens (tertiary/aromatic N) is 1. The molecule has 0 fully saturated rings. The molecule has 1 aliphatic heterocycles. The molecule has 2 amide bonds. The van der Waals surface area contributed by atoms with Crippen molar-refractivity contribution in [3.63, 3.8) is 0 Å². The lowest BCUT2D eigenvalue weighted by atomic mass is 9.92. The largest absolute Gasteiger partial charge is 0.497 e. The predicted octanol–water partition coefficient (Wildman–Crippen LogP) is 6.63. The Morgan fingerprint density at radius 1 is 1.06 bits per heavy atom. The maximum absolute atomic E-state index is 13.5. The Hall–Kier alpha value is -3.44. The molecule has 6 heteroatoms. The number of ether oxygens (including phenoxy) is 1. The van der Waals surface area contributed by atoms with E-state index in [1.165, 1.54) is 11.1 Å². The van der Waals surface area contributed by atoms with Gasteiger partial charge in [-0.15, -0.1) is 0 Å². The van der Waals surface area contributed by atoms with Crippen molar-refractivity contribution in [1.82, 2.24) is 9.88 Å². The van der Waals surface area contributed by atoms with Gasteiger partial charge in [0.2, 0.25) is 0 Å². The number of carbonyl (C=O) groups excluding carboxylic acids is 1. The van der Waals surface area contributed by atoms with Crippen LogP contribution in [0.5, 0.6) is 5.75 Å². The minimum Gasteiger partial charge on any atom is -0.497 e. The van der Waals surface area contributed by atoms with Crippen LogP contribution in [-0.4, -0.2) is 29.6 Å². The van der Waals surface area contributed by atoms with E-state index in [4.69, 9.17) is 16.3 Å². The zero-order valence-electron chi connectivity index (χ0n) is 18.9. The normalized spacial score (nSPS) is 15.4. The molecule has 4 aromatic rings. The van der Waals surface area contributed by atoms with Crippen LogP contribution in [0.4, 0.5) is 10.5 Å². The number of hydrogen-bond acceptors (Lipinski definition) is 2. The van der Waals surface area contributed by atoms with Gasteiger partial charge in [-0.1, -0.05) is 47.5 Å². The zero-order chi connectivity index (χ0) is 23.1. The van der Waals surface area contributed by atoms with Gasteiger partial charge in [-0.05, 0) is 67.3 Å². The summed E-state index contributed by atoms with van der Waals surface area (Å²) in [5.41, 5.74) is 7.21. The second-order valence-electron chi connectivity index (χ2n) is 8.60. The molecule has 1 aliphatic rings. The number of benzene rings is 3. The summed E-state index contributed by atoms with van der Waals surface area (Å²) in [4.78, 5) is 19.0. The molecular weight excluding hydrogens is 434 g/mol. The molecule has 1 aromatic heterocycles. The lowest BCUT2D eigenvalue weighted by Crippen LogP contribution is -2.43. The summed E-state index contributed by atoms with van der Waals surface area (Å²) in [5.74, 6) is 0.824. The maximum Gasteiger partial charge on any atom is 0.322 e. The number of carbonyl (C=O) groups is 1. The van der Waals surface area contributed by atoms with Crippen LogP contribution in [0.2, 0.25) is 5.02 Å². The number of fused-ring (bicyclic) bond motifs is 3. The Bertz CT molecular complexity index is 1340. The van der Waals surface area contributed by atoms with Gasteiger partial charge in [0.15, 0.2) is 0 Å². The number of halogens is 1. The number of aryl methyl sites for hydroxylation is 2. The van der Waals surface area contributed by atoms with Crippen molar-refractivity contribution in [3.05, 3.63) is 93.6 Å². The first kappa shape index (κ1) is 21.4. The molecule has 0 saturated heterocycles. The van der Waals surface area contributed by atoms with Crippen molar-refractivity contribution in [2.24, 2.45) is 0 Å². The van der Waals surface area contributed by atoms with Gasteiger partial charge in [0, 0.05) is 23.1 Å². The third kappa shape index (κ3) is 3.93. The van der Waals surface area contributed by atoms with Crippen molar-refractivity contribution in [2.45, 2.75) is 26.3 Å². The van der Waals surface area contributed by atoms with Crippen LogP contribution in [0.1, 0.15) is 34.0 Å². The summed E-state index contributed by atoms with van der Waals surface area (Å²) in [6, 6.07) is 19.7. The average molecular weight is 460 g/mol. The van der Waals surface area contributed by atoms with Crippen molar-refractivity contribution in [3.8, 4) is 5.75 Å². The van der Waals surface area contributed by atoms with E-state index >= 15 is 0 Å². The molecule has 0 saturated carbocycles. The molecule has 0 radical (unpaired) electrons. The summed E-state index contributed by atoms with van der Waals surface area (Å²) in [6.45, 7) is 4.63. The molecule has 2 N–H and O–H groups in total. The number of H-pyrrole nitrogens is 1. The number of rotatable bonds is 3. The summed E-state index contributed by atoms with van der Waals surface area (Å²) >= 11 is 6.40. The smallest absolute Gasteiger partial charge is 0.322 e.